The molecule has 0 bridgehead atoms. The highest BCUT2D eigenvalue weighted by Gasteiger charge is 2.38. The van der Waals surface area contributed by atoms with Crippen LogP contribution in [0.3, 0.4) is 0 Å². The summed E-state index contributed by atoms with van der Waals surface area (Å²) in [5, 5.41) is 0. The summed E-state index contributed by atoms with van der Waals surface area (Å²) in [6, 6.07) is 3.51. The fourth-order valence-electron chi connectivity index (χ4n) is 4.63. The Bertz CT molecular complexity index is 815. The number of fused-ring (bicyclic) bond motifs is 1. The Morgan fingerprint density at radius 3 is 2.74 bits per heavy atom. The Kier molecular flexibility index (Phi) is 10.2. The van der Waals surface area contributed by atoms with Gasteiger partial charge in [0.1, 0.15) is 17.1 Å². The van der Waals surface area contributed by atoms with Gasteiger partial charge in [-0.2, -0.15) is 0 Å². The molecule has 0 aromatic heterocycles. The zero-order valence-corrected chi connectivity index (χ0v) is 21.0. The number of unbranched alkanes of at least 4 members (excludes halogenated alkanes) is 3. The fourth-order valence-corrected chi connectivity index (χ4v) is 4.63. The molecule has 190 valence electrons. The summed E-state index contributed by atoms with van der Waals surface area (Å²) in [5.41, 5.74) is 0.915. The van der Waals surface area contributed by atoms with E-state index in [1.807, 2.05) is 6.92 Å². The van der Waals surface area contributed by atoms with E-state index in [1.165, 1.54) is 13.5 Å². The molecule has 0 aliphatic carbocycles. The summed E-state index contributed by atoms with van der Waals surface area (Å²) in [7, 11) is 1.33. The molecule has 7 nitrogen and oxygen atoms in total. The van der Waals surface area contributed by atoms with Gasteiger partial charge in [-0.25, -0.2) is 4.79 Å². The van der Waals surface area contributed by atoms with E-state index in [-0.39, 0.29) is 18.7 Å². The third-order valence-corrected chi connectivity index (χ3v) is 6.52. The average molecular weight is 477 g/mol. The lowest BCUT2D eigenvalue weighted by Crippen LogP contribution is -2.39. The van der Waals surface area contributed by atoms with Crippen molar-refractivity contribution in [2.45, 2.75) is 96.4 Å². The summed E-state index contributed by atoms with van der Waals surface area (Å²) in [4.78, 5) is 24.5. The van der Waals surface area contributed by atoms with Gasteiger partial charge in [-0.3, -0.25) is 4.79 Å². The highest BCUT2D eigenvalue weighted by molar-refractivity contribution is 6.01. The Morgan fingerprint density at radius 2 is 2.00 bits per heavy atom. The molecule has 1 aromatic carbocycles. The van der Waals surface area contributed by atoms with Crippen LogP contribution in [0.2, 0.25) is 0 Å². The minimum atomic E-state index is -0.542. The molecule has 1 aromatic rings. The molecule has 0 spiro atoms. The monoisotopic (exact) mass is 476 g/mol. The van der Waals surface area contributed by atoms with Gasteiger partial charge in [-0.15, -0.1) is 0 Å². The van der Waals surface area contributed by atoms with E-state index in [2.05, 4.69) is 11.7 Å². The molecular weight excluding hydrogens is 436 g/mol. The number of Topliss-reactive ketones (excluding diaryl/α,β-unsaturated/α-hetero) is 1. The quantitative estimate of drug-likeness (QED) is 0.278. The van der Waals surface area contributed by atoms with E-state index in [9.17, 15) is 9.59 Å². The second kappa shape index (κ2) is 13.1. The maximum Gasteiger partial charge on any atom is 0.343 e. The zero-order valence-electron chi connectivity index (χ0n) is 21.0. The van der Waals surface area contributed by atoms with Gasteiger partial charge in [-0.1, -0.05) is 26.2 Å². The van der Waals surface area contributed by atoms with Crippen LogP contribution in [-0.2, 0) is 25.4 Å². The topological polar surface area (TPSA) is 80.3 Å². The number of carbonyl (C=O) groups is 2. The molecule has 2 aliphatic heterocycles. The van der Waals surface area contributed by atoms with Crippen LogP contribution in [0.5, 0.6) is 11.5 Å². The van der Waals surface area contributed by atoms with Crippen LogP contribution in [-0.4, -0.2) is 50.6 Å². The molecule has 1 fully saturated rings. The van der Waals surface area contributed by atoms with Gasteiger partial charge < -0.3 is 23.7 Å². The van der Waals surface area contributed by atoms with Crippen LogP contribution in [0.15, 0.2) is 12.1 Å². The summed E-state index contributed by atoms with van der Waals surface area (Å²) in [6.07, 6.45) is 10.2. The Morgan fingerprint density at radius 1 is 1.18 bits per heavy atom. The van der Waals surface area contributed by atoms with Gasteiger partial charge in [0, 0.05) is 18.8 Å². The fraction of sp³-hybridized carbons (Fsp3) is 0.704. The number of methoxy groups -OCH3 is 1. The van der Waals surface area contributed by atoms with Crippen molar-refractivity contribution in [1.82, 2.24) is 0 Å². The van der Waals surface area contributed by atoms with Gasteiger partial charge in [0.2, 0.25) is 0 Å². The maximum atomic E-state index is 13.0. The van der Waals surface area contributed by atoms with Crippen molar-refractivity contribution in [2.75, 3.05) is 26.9 Å². The number of rotatable bonds is 13. The molecule has 1 saturated heterocycles. The van der Waals surface area contributed by atoms with Crippen LogP contribution >= 0.6 is 0 Å². The molecule has 34 heavy (non-hydrogen) atoms. The van der Waals surface area contributed by atoms with Crippen molar-refractivity contribution >= 4 is 11.8 Å². The van der Waals surface area contributed by atoms with E-state index >= 15 is 0 Å². The van der Waals surface area contributed by atoms with Crippen molar-refractivity contribution in [2.24, 2.45) is 0 Å². The van der Waals surface area contributed by atoms with E-state index < -0.39 is 11.6 Å². The second-order valence-electron chi connectivity index (χ2n) is 9.52. The van der Waals surface area contributed by atoms with Crippen molar-refractivity contribution < 1.29 is 33.3 Å². The average Bonchev–Trinajstić information content (AvgIpc) is 2.83. The van der Waals surface area contributed by atoms with Gasteiger partial charge in [0.15, 0.2) is 18.7 Å². The normalized spacial score (nSPS) is 22.1. The zero-order chi connectivity index (χ0) is 24.4. The molecule has 2 unspecified atom stereocenters. The predicted molar refractivity (Wildman–Crippen MR) is 129 cm³/mol. The molecule has 7 heteroatoms. The van der Waals surface area contributed by atoms with E-state index in [4.69, 9.17) is 18.9 Å². The highest BCUT2D eigenvalue weighted by atomic mass is 16.7. The lowest BCUT2D eigenvalue weighted by Gasteiger charge is -2.36. The number of ether oxygens (including phenoxy) is 5. The highest BCUT2D eigenvalue weighted by Crippen LogP contribution is 2.42. The van der Waals surface area contributed by atoms with Gasteiger partial charge in [0.05, 0.1) is 19.1 Å². The predicted octanol–water partition coefficient (Wildman–Crippen LogP) is 5.41. The van der Waals surface area contributed by atoms with Crippen LogP contribution in [0.1, 0.15) is 94.0 Å². The Balaban J connectivity index is 1.53. The van der Waals surface area contributed by atoms with Crippen molar-refractivity contribution in [3.8, 4) is 11.5 Å². The maximum absolute atomic E-state index is 13.0. The third kappa shape index (κ3) is 7.44. The molecule has 2 aliphatic rings. The standard InChI is InChI=1S/C27H40O7/c1-4-11-21-23(33-19-24(29)30-3)14-13-20-22(28)18-27(2,34-26(20)21)15-8-5-6-9-16-31-25-12-7-10-17-32-25/h13-14,25H,4-12,15-19H2,1-3H3. The molecule has 0 saturated carbocycles. The van der Waals surface area contributed by atoms with Crippen molar-refractivity contribution in [1.29, 1.82) is 0 Å². The van der Waals surface area contributed by atoms with Gasteiger partial charge in [0.25, 0.3) is 0 Å². The number of carbonyl (C=O) groups excluding carboxylic acids is 2. The first kappa shape index (κ1) is 26.5. The van der Waals surface area contributed by atoms with Crippen LogP contribution in [0, 0.1) is 0 Å². The van der Waals surface area contributed by atoms with E-state index in [1.54, 1.807) is 12.1 Å². The molecule has 0 radical (unpaired) electrons. The van der Waals surface area contributed by atoms with Crippen LogP contribution in [0.4, 0.5) is 0 Å². The molecule has 0 amide bonds. The largest absolute Gasteiger partial charge is 0.486 e. The number of hydrogen-bond donors (Lipinski definition) is 0. The molecule has 2 heterocycles. The van der Waals surface area contributed by atoms with E-state index in [0.717, 1.165) is 70.1 Å². The first-order chi connectivity index (χ1) is 16.5. The molecule has 3 rings (SSSR count). The minimum absolute atomic E-state index is 0.0202. The second-order valence-corrected chi connectivity index (χ2v) is 9.52. The van der Waals surface area contributed by atoms with E-state index in [0.29, 0.717) is 29.9 Å². The number of esters is 1. The van der Waals surface area contributed by atoms with Crippen LogP contribution < -0.4 is 9.47 Å². The smallest absolute Gasteiger partial charge is 0.343 e. The number of benzene rings is 1. The Hall–Kier alpha value is -2.12. The Labute approximate surface area is 203 Å². The number of ketones is 1. The van der Waals surface area contributed by atoms with Crippen molar-refractivity contribution in [3.63, 3.8) is 0 Å². The first-order valence-corrected chi connectivity index (χ1v) is 12.8. The van der Waals surface area contributed by atoms with Crippen LogP contribution in [0.25, 0.3) is 0 Å². The lowest BCUT2D eigenvalue weighted by molar-refractivity contribution is -0.162. The summed E-state index contributed by atoms with van der Waals surface area (Å²) < 4.78 is 28.3. The summed E-state index contributed by atoms with van der Waals surface area (Å²) in [6.45, 7) is 5.46. The first-order valence-electron chi connectivity index (χ1n) is 12.8. The summed E-state index contributed by atoms with van der Waals surface area (Å²) in [5.74, 6) is 0.842. The molecule has 0 N–H and O–H groups in total. The van der Waals surface area contributed by atoms with Crippen molar-refractivity contribution in [3.05, 3.63) is 23.3 Å². The summed E-state index contributed by atoms with van der Waals surface area (Å²) >= 11 is 0. The molecular formula is C27H40O7. The number of hydrogen-bond acceptors (Lipinski definition) is 7. The van der Waals surface area contributed by atoms with Gasteiger partial charge in [-0.05, 0) is 64.0 Å². The van der Waals surface area contributed by atoms with Gasteiger partial charge >= 0.3 is 5.97 Å². The third-order valence-electron chi connectivity index (χ3n) is 6.52. The minimum Gasteiger partial charge on any atom is -0.486 e. The SMILES string of the molecule is CCCc1c(OCC(=O)OC)ccc2c1OC(C)(CCCCCCOC1CCCCO1)CC2=O. The lowest BCUT2D eigenvalue weighted by atomic mass is 9.85. The molecule has 2 atom stereocenters.